The van der Waals surface area contributed by atoms with Gasteiger partial charge in [-0.2, -0.15) is 0 Å². The van der Waals surface area contributed by atoms with Gasteiger partial charge in [0.2, 0.25) is 0 Å². The molecule has 0 aromatic heterocycles. The van der Waals surface area contributed by atoms with E-state index in [4.69, 9.17) is 0 Å². The number of ketones is 1. The second-order valence-corrected chi connectivity index (χ2v) is 5.38. The minimum atomic E-state index is -1.07. The molecule has 0 saturated heterocycles. The molecule has 104 valence electrons. The summed E-state index contributed by atoms with van der Waals surface area (Å²) in [5, 5.41) is 0. The van der Waals surface area contributed by atoms with Crippen LogP contribution in [0.15, 0.2) is 42.5 Å². The fourth-order valence-corrected chi connectivity index (χ4v) is 2.14. The fourth-order valence-electron chi connectivity index (χ4n) is 2.14. The first-order valence-electron chi connectivity index (χ1n) is 6.40. The van der Waals surface area contributed by atoms with Gasteiger partial charge in [0.15, 0.2) is 17.4 Å². The summed E-state index contributed by atoms with van der Waals surface area (Å²) in [5.74, 6) is -2.46. The first-order valence-corrected chi connectivity index (χ1v) is 6.40. The van der Waals surface area contributed by atoms with Crippen molar-refractivity contribution in [2.75, 3.05) is 0 Å². The van der Waals surface area contributed by atoms with Crippen LogP contribution in [0.25, 0.3) is 0 Å². The molecule has 2 rings (SSSR count). The Balaban J connectivity index is 2.49. The quantitative estimate of drug-likeness (QED) is 0.756. The average molecular weight is 274 g/mol. The molecule has 0 aliphatic carbocycles. The highest BCUT2D eigenvalue weighted by Gasteiger charge is 2.33. The maximum absolute atomic E-state index is 14.0. The molecule has 0 aliphatic rings. The van der Waals surface area contributed by atoms with Gasteiger partial charge in [-0.25, -0.2) is 8.78 Å². The third-order valence-electron chi connectivity index (χ3n) is 3.58. The molecular weight excluding hydrogens is 258 g/mol. The molecular formula is C17H16F2O. The van der Waals surface area contributed by atoms with Crippen molar-refractivity contribution in [3.05, 3.63) is 70.8 Å². The van der Waals surface area contributed by atoms with Crippen LogP contribution in [0.4, 0.5) is 8.78 Å². The number of hydrogen-bond donors (Lipinski definition) is 0. The second kappa shape index (κ2) is 5.16. The number of carbonyl (C=O) groups is 1. The van der Waals surface area contributed by atoms with Crippen LogP contribution < -0.4 is 0 Å². The smallest absolute Gasteiger partial charge is 0.175 e. The Morgan fingerprint density at radius 2 is 1.55 bits per heavy atom. The van der Waals surface area contributed by atoms with Gasteiger partial charge < -0.3 is 0 Å². The minimum Gasteiger partial charge on any atom is -0.293 e. The first kappa shape index (κ1) is 14.4. The predicted molar refractivity (Wildman–Crippen MR) is 74.9 cm³/mol. The van der Waals surface area contributed by atoms with Gasteiger partial charge in [0.1, 0.15) is 0 Å². The summed E-state index contributed by atoms with van der Waals surface area (Å²) in [7, 11) is 0. The maximum atomic E-state index is 14.0. The summed E-state index contributed by atoms with van der Waals surface area (Å²) >= 11 is 0. The van der Waals surface area contributed by atoms with Crippen molar-refractivity contribution in [1.29, 1.82) is 0 Å². The predicted octanol–water partition coefficient (Wildman–Crippen LogP) is 4.43. The largest absolute Gasteiger partial charge is 0.293 e. The van der Waals surface area contributed by atoms with Crippen LogP contribution in [-0.4, -0.2) is 5.78 Å². The number of rotatable bonds is 3. The number of benzene rings is 2. The first-order chi connectivity index (χ1) is 9.35. The Bertz CT molecular complexity index is 646. The summed E-state index contributed by atoms with van der Waals surface area (Å²) in [5.41, 5.74) is -0.159. The molecule has 0 spiro atoms. The highest BCUT2D eigenvalue weighted by Crippen LogP contribution is 2.29. The number of hydrogen-bond acceptors (Lipinski definition) is 1. The van der Waals surface area contributed by atoms with E-state index in [1.165, 1.54) is 19.1 Å². The molecule has 0 unspecified atom stereocenters. The molecule has 0 aliphatic heterocycles. The summed E-state index contributed by atoms with van der Waals surface area (Å²) in [6.45, 7) is 4.89. The molecule has 0 fully saturated rings. The number of Topliss-reactive ketones (excluding diaryl/α,β-unsaturated/α-hetero) is 1. The van der Waals surface area contributed by atoms with E-state index in [0.29, 0.717) is 0 Å². The molecule has 0 saturated carbocycles. The van der Waals surface area contributed by atoms with Crippen LogP contribution in [0.1, 0.15) is 35.3 Å². The Morgan fingerprint density at radius 1 is 0.950 bits per heavy atom. The molecule has 1 nitrogen and oxygen atoms in total. The molecule has 2 aromatic carbocycles. The van der Waals surface area contributed by atoms with Crippen molar-refractivity contribution in [3.63, 3.8) is 0 Å². The molecule has 0 amide bonds. The summed E-state index contributed by atoms with van der Waals surface area (Å²) in [4.78, 5) is 12.5. The van der Waals surface area contributed by atoms with Crippen molar-refractivity contribution in [2.24, 2.45) is 0 Å². The topological polar surface area (TPSA) is 17.1 Å². The number of carbonyl (C=O) groups excluding carboxylic acids is 1. The van der Waals surface area contributed by atoms with Crippen LogP contribution in [0.2, 0.25) is 0 Å². The van der Waals surface area contributed by atoms with E-state index in [9.17, 15) is 13.6 Å². The normalized spacial score (nSPS) is 11.4. The lowest BCUT2D eigenvalue weighted by Crippen LogP contribution is -2.30. The minimum absolute atomic E-state index is 0.191. The Morgan fingerprint density at radius 3 is 2.15 bits per heavy atom. The van der Waals surface area contributed by atoms with Crippen molar-refractivity contribution in [2.45, 2.75) is 26.2 Å². The summed E-state index contributed by atoms with van der Waals surface area (Å²) in [6, 6.07) is 11.9. The third-order valence-corrected chi connectivity index (χ3v) is 3.58. The lowest BCUT2D eigenvalue weighted by Gasteiger charge is -2.24. The molecule has 3 heteroatoms. The van der Waals surface area contributed by atoms with Gasteiger partial charge in [-0.1, -0.05) is 36.4 Å². The van der Waals surface area contributed by atoms with E-state index in [1.807, 2.05) is 18.2 Å². The highest BCUT2D eigenvalue weighted by atomic mass is 19.2. The number of halogens is 2. The Hall–Kier alpha value is -2.03. The van der Waals surface area contributed by atoms with Crippen LogP contribution in [-0.2, 0) is 5.41 Å². The van der Waals surface area contributed by atoms with Gasteiger partial charge >= 0.3 is 0 Å². The van der Waals surface area contributed by atoms with Gasteiger partial charge in [0.25, 0.3) is 0 Å². The van der Waals surface area contributed by atoms with Crippen LogP contribution in [0.5, 0.6) is 0 Å². The van der Waals surface area contributed by atoms with Gasteiger partial charge in [-0.05, 0) is 38.0 Å². The molecule has 0 heterocycles. The van der Waals surface area contributed by atoms with Crippen LogP contribution in [0, 0.1) is 18.6 Å². The van der Waals surface area contributed by atoms with Crippen molar-refractivity contribution in [3.8, 4) is 0 Å². The highest BCUT2D eigenvalue weighted by molar-refractivity contribution is 6.03. The fraction of sp³-hybridized carbons (Fsp3) is 0.235. The molecule has 0 N–H and O–H groups in total. The molecule has 0 atom stereocenters. The third kappa shape index (κ3) is 2.36. The van der Waals surface area contributed by atoms with E-state index >= 15 is 0 Å². The second-order valence-electron chi connectivity index (χ2n) is 5.38. The Kier molecular flexibility index (Phi) is 3.71. The lowest BCUT2D eigenvalue weighted by atomic mass is 9.78. The Labute approximate surface area is 117 Å². The van der Waals surface area contributed by atoms with E-state index in [0.717, 1.165) is 5.56 Å². The number of aryl methyl sites for hydroxylation is 1. The molecule has 0 bridgehead atoms. The monoisotopic (exact) mass is 274 g/mol. The maximum Gasteiger partial charge on any atom is 0.175 e. The van der Waals surface area contributed by atoms with Crippen LogP contribution in [0.3, 0.4) is 0 Å². The standard InChI is InChI=1S/C17H16F2O/c1-11-9-10-13(15(19)14(11)18)16(20)17(2,3)12-7-5-4-6-8-12/h4-10H,1-3H3. The van der Waals surface area contributed by atoms with E-state index in [1.54, 1.807) is 26.0 Å². The zero-order chi connectivity index (χ0) is 14.9. The zero-order valence-corrected chi connectivity index (χ0v) is 11.7. The van der Waals surface area contributed by atoms with E-state index in [2.05, 4.69) is 0 Å². The van der Waals surface area contributed by atoms with Gasteiger partial charge in [-0.3, -0.25) is 4.79 Å². The van der Waals surface area contributed by atoms with Gasteiger partial charge in [0, 0.05) is 0 Å². The van der Waals surface area contributed by atoms with E-state index in [-0.39, 0.29) is 11.1 Å². The molecule has 2 aromatic rings. The average Bonchev–Trinajstić information content (AvgIpc) is 2.45. The van der Waals surface area contributed by atoms with Gasteiger partial charge in [-0.15, -0.1) is 0 Å². The summed E-state index contributed by atoms with van der Waals surface area (Å²) in [6.07, 6.45) is 0. The van der Waals surface area contributed by atoms with Crippen molar-refractivity contribution >= 4 is 5.78 Å². The van der Waals surface area contributed by atoms with Crippen molar-refractivity contribution < 1.29 is 13.6 Å². The van der Waals surface area contributed by atoms with Crippen molar-refractivity contribution in [1.82, 2.24) is 0 Å². The molecule has 0 radical (unpaired) electrons. The zero-order valence-electron chi connectivity index (χ0n) is 11.7. The van der Waals surface area contributed by atoms with Crippen LogP contribution >= 0.6 is 0 Å². The summed E-state index contributed by atoms with van der Waals surface area (Å²) < 4.78 is 27.6. The molecule has 20 heavy (non-hydrogen) atoms. The lowest BCUT2D eigenvalue weighted by molar-refractivity contribution is 0.0903. The van der Waals surface area contributed by atoms with E-state index < -0.39 is 22.8 Å². The van der Waals surface area contributed by atoms with Gasteiger partial charge in [0.05, 0.1) is 11.0 Å². The SMILES string of the molecule is Cc1ccc(C(=O)C(C)(C)c2ccccc2)c(F)c1F.